The molecule has 2 heterocycles. The third-order valence-electron chi connectivity index (χ3n) is 3.32. The summed E-state index contributed by atoms with van der Waals surface area (Å²) in [6.45, 7) is 0.749. The molecule has 0 bridgehead atoms. The van der Waals surface area contributed by atoms with E-state index in [1.54, 1.807) is 16.2 Å². The van der Waals surface area contributed by atoms with Gasteiger partial charge in [-0.1, -0.05) is 6.07 Å². The molecular formula is C15H13IN2O2S. The maximum atomic E-state index is 12.1. The molecule has 3 rings (SSSR count). The fraction of sp³-hybridized carbons (Fsp3) is 0.200. The Morgan fingerprint density at radius 1 is 1.33 bits per heavy atom. The van der Waals surface area contributed by atoms with E-state index < -0.39 is 0 Å². The van der Waals surface area contributed by atoms with E-state index in [-0.39, 0.29) is 11.8 Å². The number of nitrogens with zero attached hydrogens (tertiary/aromatic N) is 1. The second-order valence-electron chi connectivity index (χ2n) is 4.79. The van der Waals surface area contributed by atoms with Crippen molar-refractivity contribution < 1.29 is 9.59 Å². The number of amides is 2. The first-order chi connectivity index (χ1) is 10.1. The number of rotatable bonds is 3. The van der Waals surface area contributed by atoms with E-state index in [0.717, 1.165) is 21.5 Å². The molecule has 2 amide bonds. The van der Waals surface area contributed by atoms with Crippen molar-refractivity contribution in [2.24, 2.45) is 0 Å². The van der Waals surface area contributed by atoms with Crippen LogP contribution in [-0.4, -0.2) is 18.4 Å². The number of halogens is 1. The molecule has 0 atom stereocenters. The summed E-state index contributed by atoms with van der Waals surface area (Å²) in [6.07, 6.45) is 1.49. The summed E-state index contributed by atoms with van der Waals surface area (Å²) in [6, 6.07) is 9.28. The molecule has 1 saturated heterocycles. The van der Waals surface area contributed by atoms with Gasteiger partial charge in [0.05, 0.1) is 8.45 Å². The lowest BCUT2D eigenvalue weighted by Crippen LogP contribution is -2.23. The molecule has 0 saturated carbocycles. The summed E-state index contributed by atoms with van der Waals surface area (Å²) >= 11 is 3.73. The Bertz CT molecular complexity index is 698. The lowest BCUT2D eigenvalue weighted by atomic mass is 10.2. The minimum Gasteiger partial charge on any atom is -0.322 e. The minimum absolute atomic E-state index is 0.126. The molecule has 1 aromatic heterocycles. The van der Waals surface area contributed by atoms with E-state index >= 15 is 0 Å². The van der Waals surface area contributed by atoms with Crippen molar-refractivity contribution in [2.45, 2.75) is 12.8 Å². The lowest BCUT2D eigenvalue weighted by molar-refractivity contribution is -0.117. The summed E-state index contributed by atoms with van der Waals surface area (Å²) < 4.78 is 1.08. The SMILES string of the molecule is O=C(Nc1cccc(N2CCCC2=O)c1)c1csc(I)c1. The third kappa shape index (κ3) is 3.26. The van der Waals surface area contributed by atoms with Gasteiger partial charge in [0.2, 0.25) is 5.91 Å². The van der Waals surface area contributed by atoms with Crippen LogP contribution in [0.2, 0.25) is 0 Å². The first-order valence-corrected chi connectivity index (χ1v) is 8.55. The van der Waals surface area contributed by atoms with Crippen LogP contribution < -0.4 is 10.2 Å². The van der Waals surface area contributed by atoms with Crippen molar-refractivity contribution in [2.75, 3.05) is 16.8 Å². The molecule has 108 valence electrons. The highest BCUT2D eigenvalue weighted by Gasteiger charge is 2.21. The molecular weight excluding hydrogens is 399 g/mol. The number of thiophene rings is 1. The van der Waals surface area contributed by atoms with Crippen LogP contribution in [0, 0.1) is 2.88 Å². The van der Waals surface area contributed by atoms with Gasteiger partial charge < -0.3 is 10.2 Å². The van der Waals surface area contributed by atoms with Crippen LogP contribution in [0.15, 0.2) is 35.7 Å². The van der Waals surface area contributed by atoms with Gasteiger partial charge in [0.1, 0.15) is 0 Å². The predicted molar refractivity (Wildman–Crippen MR) is 93.0 cm³/mol. The maximum absolute atomic E-state index is 12.1. The molecule has 0 spiro atoms. The molecule has 1 aliphatic heterocycles. The normalized spacial score (nSPS) is 14.5. The van der Waals surface area contributed by atoms with Crippen molar-refractivity contribution in [1.29, 1.82) is 0 Å². The Kier molecular flexibility index (Phi) is 4.25. The van der Waals surface area contributed by atoms with Gasteiger partial charge in [-0.15, -0.1) is 11.3 Å². The fourth-order valence-corrected chi connectivity index (χ4v) is 3.63. The van der Waals surface area contributed by atoms with Crippen LogP contribution in [0.25, 0.3) is 0 Å². The highest BCUT2D eigenvalue weighted by molar-refractivity contribution is 14.1. The van der Waals surface area contributed by atoms with E-state index in [4.69, 9.17) is 0 Å². The zero-order valence-electron chi connectivity index (χ0n) is 11.1. The zero-order valence-corrected chi connectivity index (χ0v) is 14.1. The van der Waals surface area contributed by atoms with Crippen LogP contribution in [0.4, 0.5) is 11.4 Å². The van der Waals surface area contributed by atoms with Crippen LogP contribution in [0.5, 0.6) is 0 Å². The lowest BCUT2D eigenvalue weighted by Gasteiger charge is -2.16. The first kappa shape index (κ1) is 14.5. The van der Waals surface area contributed by atoms with Gasteiger partial charge in [-0.25, -0.2) is 0 Å². The highest BCUT2D eigenvalue weighted by Crippen LogP contribution is 2.25. The standard InChI is InChI=1S/C15H13IN2O2S/c16-13-7-10(9-21-13)15(20)17-11-3-1-4-12(8-11)18-6-2-5-14(18)19/h1,3-4,7-9H,2,5-6H2,(H,17,20). The molecule has 0 unspecified atom stereocenters. The predicted octanol–water partition coefficient (Wildman–Crippen LogP) is 3.73. The second kappa shape index (κ2) is 6.15. The van der Waals surface area contributed by atoms with Crippen molar-refractivity contribution >= 4 is 57.1 Å². The van der Waals surface area contributed by atoms with E-state index in [1.807, 2.05) is 35.7 Å². The average Bonchev–Trinajstić information content (AvgIpc) is 3.08. The molecule has 1 fully saturated rings. The number of carbonyl (C=O) groups is 2. The van der Waals surface area contributed by atoms with Crippen molar-refractivity contribution in [1.82, 2.24) is 0 Å². The Morgan fingerprint density at radius 3 is 2.86 bits per heavy atom. The number of benzene rings is 1. The quantitative estimate of drug-likeness (QED) is 0.782. The minimum atomic E-state index is -0.126. The van der Waals surface area contributed by atoms with Crippen LogP contribution in [0.1, 0.15) is 23.2 Å². The third-order valence-corrected chi connectivity index (χ3v) is 5.11. The molecule has 6 heteroatoms. The second-order valence-corrected chi connectivity index (χ2v) is 7.60. The van der Waals surface area contributed by atoms with E-state index in [9.17, 15) is 9.59 Å². The fourth-order valence-electron chi connectivity index (χ4n) is 2.31. The molecule has 1 aromatic carbocycles. The van der Waals surface area contributed by atoms with Gasteiger partial charge in [-0.3, -0.25) is 9.59 Å². The number of hydrogen-bond acceptors (Lipinski definition) is 3. The molecule has 4 nitrogen and oxygen atoms in total. The number of hydrogen-bond donors (Lipinski definition) is 1. The van der Waals surface area contributed by atoms with Crippen LogP contribution >= 0.6 is 33.9 Å². The van der Waals surface area contributed by atoms with Gasteiger partial charge in [0.15, 0.2) is 0 Å². The molecule has 2 aromatic rings. The topological polar surface area (TPSA) is 49.4 Å². The Morgan fingerprint density at radius 2 is 2.19 bits per heavy atom. The van der Waals surface area contributed by atoms with Crippen LogP contribution in [-0.2, 0) is 4.79 Å². The number of carbonyl (C=O) groups excluding carboxylic acids is 2. The Labute approximate surface area is 140 Å². The Hall–Kier alpha value is -1.41. The Balaban J connectivity index is 1.77. The number of nitrogens with one attached hydrogen (secondary N) is 1. The van der Waals surface area contributed by atoms with Crippen molar-refractivity contribution in [3.8, 4) is 0 Å². The molecule has 1 N–H and O–H groups in total. The van der Waals surface area contributed by atoms with Crippen molar-refractivity contribution in [3.05, 3.63) is 44.2 Å². The molecule has 1 aliphatic rings. The first-order valence-electron chi connectivity index (χ1n) is 6.59. The average molecular weight is 412 g/mol. The van der Waals surface area contributed by atoms with Gasteiger partial charge >= 0.3 is 0 Å². The maximum Gasteiger partial charge on any atom is 0.256 e. The van der Waals surface area contributed by atoms with Crippen LogP contribution in [0.3, 0.4) is 0 Å². The molecule has 0 aliphatic carbocycles. The summed E-state index contributed by atoms with van der Waals surface area (Å²) in [5.41, 5.74) is 2.21. The van der Waals surface area contributed by atoms with Gasteiger partial charge in [0, 0.05) is 29.7 Å². The smallest absolute Gasteiger partial charge is 0.256 e. The molecule has 0 radical (unpaired) electrons. The van der Waals surface area contributed by atoms with Gasteiger partial charge in [-0.05, 0) is 53.3 Å². The van der Waals surface area contributed by atoms with E-state index in [2.05, 4.69) is 27.9 Å². The summed E-state index contributed by atoms with van der Waals surface area (Å²) in [7, 11) is 0. The highest BCUT2D eigenvalue weighted by atomic mass is 127. The van der Waals surface area contributed by atoms with E-state index in [0.29, 0.717) is 17.7 Å². The summed E-state index contributed by atoms with van der Waals surface area (Å²) in [5, 5.41) is 4.71. The summed E-state index contributed by atoms with van der Waals surface area (Å²) in [4.78, 5) is 25.7. The zero-order chi connectivity index (χ0) is 14.8. The number of anilines is 2. The molecule has 21 heavy (non-hydrogen) atoms. The van der Waals surface area contributed by atoms with Gasteiger partial charge in [-0.2, -0.15) is 0 Å². The summed E-state index contributed by atoms with van der Waals surface area (Å²) in [5.74, 6) is 0.0185. The van der Waals surface area contributed by atoms with E-state index in [1.165, 1.54) is 0 Å². The monoisotopic (exact) mass is 412 g/mol. The largest absolute Gasteiger partial charge is 0.322 e. The van der Waals surface area contributed by atoms with Crippen molar-refractivity contribution in [3.63, 3.8) is 0 Å². The van der Waals surface area contributed by atoms with Gasteiger partial charge in [0.25, 0.3) is 5.91 Å².